The molecule has 16 heavy (non-hydrogen) atoms. The standard InChI is InChI=1S/C14H23NO/c1-4-6-13(5-2)15-11(3)12-7-9-14(16)10-8-12/h7-11,13,15-16H,4-6H2,1-3H3. The highest BCUT2D eigenvalue weighted by atomic mass is 16.3. The van der Waals surface area contributed by atoms with Gasteiger partial charge in [-0.2, -0.15) is 0 Å². The Morgan fingerprint density at radius 1 is 1.19 bits per heavy atom. The maximum Gasteiger partial charge on any atom is 0.115 e. The summed E-state index contributed by atoms with van der Waals surface area (Å²) in [5, 5.41) is 12.9. The fourth-order valence-electron chi connectivity index (χ4n) is 1.97. The van der Waals surface area contributed by atoms with Gasteiger partial charge in [-0.15, -0.1) is 0 Å². The maximum atomic E-state index is 9.23. The van der Waals surface area contributed by atoms with Gasteiger partial charge in [0.2, 0.25) is 0 Å². The van der Waals surface area contributed by atoms with Crippen molar-refractivity contribution in [2.75, 3.05) is 0 Å². The fourth-order valence-corrected chi connectivity index (χ4v) is 1.97. The molecule has 1 aromatic carbocycles. The van der Waals surface area contributed by atoms with Crippen LogP contribution in [0.25, 0.3) is 0 Å². The minimum absolute atomic E-state index is 0.330. The van der Waals surface area contributed by atoms with Crippen molar-refractivity contribution in [3.8, 4) is 5.75 Å². The molecule has 0 radical (unpaired) electrons. The number of hydrogen-bond acceptors (Lipinski definition) is 2. The van der Waals surface area contributed by atoms with Gasteiger partial charge in [-0.3, -0.25) is 0 Å². The quantitative estimate of drug-likeness (QED) is 0.769. The molecule has 2 unspecified atom stereocenters. The minimum Gasteiger partial charge on any atom is -0.508 e. The Hall–Kier alpha value is -1.02. The molecule has 0 aliphatic heterocycles. The van der Waals surface area contributed by atoms with E-state index in [4.69, 9.17) is 0 Å². The monoisotopic (exact) mass is 221 g/mol. The van der Waals surface area contributed by atoms with Crippen molar-refractivity contribution in [2.45, 2.75) is 52.1 Å². The zero-order valence-corrected chi connectivity index (χ0v) is 10.5. The van der Waals surface area contributed by atoms with E-state index in [-0.39, 0.29) is 0 Å². The number of rotatable bonds is 6. The lowest BCUT2D eigenvalue weighted by Crippen LogP contribution is -2.30. The van der Waals surface area contributed by atoms with E-state index >= 15 is 0 Å². The number of phenols is 1. The maximum absolute atomic E-state index is 9.23. The Labute approximate surface area is 98.7 Å². The molecule has 2 N–H and O–H groups in total. The van der Waals surface area contributed by atoms with Crippen LogP contribution in [0.4, 0.5) is 0 Å². The van der Waals surface area contributed by atoms with Gasteiger partial charge in [0, 0.05) is 12.1 Å². The van der Waals surface area contributed by atoms with Crippen molar-refractivity contribution in [3.63, 3.8) is 0 Å². The second-order valence-corrected chi connectivity index (χ2v) is 4.37. The zero-order valence-electron chi connectivity index (χ0n) is 10.5. The van der Waals surface area contributed by atoms with E-state index in [9.17, 15) is 5.11 Å². The highest BCUT2D eigenvalue weighted by molar-refractivity contribution is 5.27. The third kappa shape index (κ3) is 3.86. The van der Waals surface area contributed by atoms with E-state index in [1.807, 2.05) is 12.1 Å². The smallest absolute Gasteiger partial charge is 0.115 e. The summed E-state index contributed by atoms with van der Waals surface area (Å²) in [7, 11) is 0. The van der Waals surface area contributed by atoms with E-state index in [1.54, 1.807) is 12.1 Å². The van der Waals surface area contributed by atoms with Crippen molar-refractivity contribution in [1.29, 1.82) is 0 Å². The van der Waals surface area contributed by atoms with Crippen LogP contribution in [0.15, 0.2) is 24.3 Å². The van der Waals surface area contributed by atoms with Crippen LogP contribution in [0.1, 0.15) is 51.6 Å². The molecule has 0 saturated heterocycles. The molecule has 0 aromatic heterocycles. The highest BCUT2D eigenvalue weighted by Gasteiger charge is 2.10. The van der Waals surface area contributed by atoms with Gasteiger partial charge < -0.3 is 10.4 Å². The predicted molar refractivity (Wildman–Crippen MR) is 68.6 cm³/mol. The molecule has 0 bridgehead atoms. The van der Waals surface area contributed by atoms with Crippen LogP contribution in [0.2, 0.25) is 0 Å². The fraction of sp³-hybridized carbons (Fsp3) is 0.571. The van der Waals surface area contributed by atoms with Gasteiger partial charge in [0.25, 0.3) is 0 Å². The number of hydrogen-bond donors (Lipinski definition) is 2. The van der Waals surface area contributed by atoms with E-state index in [0.29, 0.717) is 17.8 Å². The summed E-state index contributed by atoms with van der Waals surface area (Å²) in [6.07, 6.45) is 3.60. The van der Waals surface area contributed by atoms with E-state index in [0.717, 1.165) is 6.42 Å². The van der Waals surface area contributed by atoms with Gasteiger partial charge in [-0.1, -0.05) is 32.4 Å². The van der Waals surface area contributed by atoms with Crippen molar-refractivity contribution in [1.82, 2.24) is 5.32 Å². The summed E-state index contributed by atoms with van der Waals surface area (Å²) in [6.45, 7) is 6.61. The molecule has 0 amide bonds. The Kier molecular flexibility index (Phi) is 5.33. The third-order valence-corrected chi connectivity index (χ3v) is 3.01. The van der Waals surface area contributed by atoms with Crippen molar-refractivity contribution in [2.24, 2.45) is 0 Å². The topological polar surface area (TPSA) is 32.3 Å². The van der Waals surface area contributed by atoms with Crippen molar-refractivity contribution < 1.29 is 5.11 Å². The molecular weight excluding hydrogens is 198 g/mol. The molecular formula is C14H23NO. The molecule has 0 saturated carbocycles. The van der Waals surface area contributed by atoms with Crippen LogP contribution >= 0.6 is 0 Å². The predicted octanol–water partition coefficient (Wildman–Crippen LogP) is 3.62. The summed E-state index contributed by atoms with van der Waals surface area (Å²) >= 11 is 0. The van der Waals surface area contributed by atoms with Gasteiger partial charge in [0.15, 0.2) is 0 Å². The summed E-state index contributed by atoms with van der Waals surface area (Å²) in [5.41, 5.74) is 1.23. The lowest BCUT2D eigenvalue weighted by Gasteiger charge is -2.22. The number of benzene rings is 1. The Morgan fingerprint density at radius 2 is 1.81 bits per heavy atom. The molecule has 0 heterocycles. The first-order valence-electron chi connectivity index (χ1n) is 6.22. The molecule has 0 aliphatic rings. The molecule has 2 nitrogen and oxygen atoms in total. The second-order valence-electron chi connectivity index (χ2n) is 4.37. The summed E-state index contributed by atoms with van der Waals surface area (Å²) in [4.78, 5) is 0. The van der Waals surface area contributed by atoms with Crippen molar-refractivity contribution >= 4 is 0 Å². The summed E-state index contributed by atoms with van der Waals surface area (Å²) in [6, 6.07) is 8.38. The van der Waals surface area contributed by atoms with E-state index < -0.39 is 0 Å². The lowest BCUT2D eigenvalue weighted by atomic mass is 10.0. The Morgan fingerprint density at radius 3 is 2.31 bits per heavy atom. The molecule has 2 atom stereocenters. The van der Waals surface area contributed by atoms with Crippen LogP contribution in [0.5, 0.6) is 5.75 Å². The Bertz CT molecular complexity index is 294. The molecule has 0 fully saturated rings. The van der Waals surface area contributed by atoms with Crippen molar-refractivity contribution in [3.05, 3.63) is 29.8 Å². The first kappa shape index (κ1) is 13.0. The first-order valence-corrected chi connectivity index (χ1v) is 6.22. The van der Waals surface area contributed by atoms with E-state index in [2.05, 4.69) is 26.1 Å². The largest absolute Gasteiger partial charge is 0.508 e. The van der Waals surface area contributed by atoms with Crippen LogP contribution in [0.3, 0.4) is 0 Å². The van der Waals surface area contributed by atoms with Gasteiger partial charge in [-0.25, -0.2) is 0 Å². The molecule has 1 aromatic rings. The minimum atomic E-state index is 0.330. The van der Waals surface area contributed by atoms with Crippen LogP contribution in [0, 0.1) is 0 Å². The average molecular weight is 221 g/mol. The van der Waals surface area contributed by atoms with Crippen LogP contribution in [-0.2, 0) is 0 Å². The molecule has 0 aliphatic carbocycles. The normalized spacial score (nSPS) is 14.7. The van der Waals surface area contributed by atoms with Gasteiger partial charge in [0.05, 0.1) is 0 Å². The number of phenolic OH excluding ortho intramolecular Hbond substituents is 1. The van der Waals surface area contributed by atoms with E-state index in [1.165, 1.54) is 18.4 Å². The zero-order chi connectivity index (χ0) is 12.0. The van der Waals surface area contributed by atoms with Gasteiger partial charge in [0.1, 0.15) is 5.75 Å². The molecule has 90 valence electrons. The van der Waals surface area contributed by atoms with Gasteiger partial charge in [-0.05, 0) is 37.5 Å². The SMILES string of the molecule is CCCC(CC)NC(C)c1ccc(O)cc1. The molecule has 2 heteroatoms. The van der Waals surface area contributed by atoms with Crippen LogP contribution in [-0.4, -0.2) is 11.1 Å². The second kappa shape index (κ2) is 6.54. The molecule has 1 rings (SSSR count). The number of nitrogens with one attached hydrogen (secondary N) is 1. The average Bonchev–Trinajstić information content (AvgIpc) is 2.29. The summed E-state index contributed by atoms with van der Waals surface area (Å²) in [5.74, 6) is 0.330. The lowest BCUT2D eigenvalue weighted by molar-refractivity contribution is 0.416. The van der Waals surface area contributed by atoms with Crippen LogP contribution < -0.4 is 5.32 Å². The number of aromatic hydroxyl groups is 1. The first-order chi connectivity index (χ1) is 7.67. The van der Waals surface area contributed by atoms with Gasteiger partial charge >= 0.3 is 0 Å². The third-order valence-electron chi connectivity index (χ3n) is 3.01. The molecule has 0 spiro atoms. The highest BCUT2D eigenvalue weighted by Crippen LogP contribution is 2.18. The summed E-state index contributed by atoms with van der Waals surface area (Å²) < 4.78 is 0. The Balaban J connectivity index is 2.56.